The minimum atomic E-state index is 0.808. The third-order valence-corrected chi connectivity index (χ3v) is 2.70. The number of imidazole rings is 1. The number of hydrogen-bond acceptors (Lipinski definition) is 4. The molecule has 0 bridgehead atoms. The zero-order valence-corrected chi connectivity index (χ0v) is 11.2. The van der Waals surface area contributed by atoms with Gasteiger partial charge in [-0.15, -0.1) is 0 Å². The van der Waals surface area contributed by atoms with E-state index in [0.29, 0.717) is 0 Å². The van der Waals surface area contributed by atoms with Gasteiger partial charge < -0.3 is 9.88 Å². The average molecular weight is 296 g/mol. The predicted octanol–water partition coefficient (Wildman–Crippen LogP) is 2.11. The van der Waals surface area contributed by atoms with Gasteiger partial charge in [0.2, 0.25) is 0 Å². The van der Waals surface area contributed by atoms with Gasteiger partial charge in [0.15, 0.2) is 0 Å². The van der Waals surface area contributed by atoms with Gasteiger partial charge in [-0.2, -0.15) is 0 Å². The molecule has 2 aromatic rings. The molecule has 0 amide bonds. The highest BCUT2D eigenvalue weighted by Gasteiger charge is 2.00. The zero-order valence-electron chi connectivity index (χ0n) is 9.60. The van der Waals surface area contributed by atoms with Gasteiger partial charge in [0.1, 0.15) is 16.2 Å². The topological polar surface area (TPSA) is 55.6 Å². The lowest BCUT2D eigenvalue weighted by atomic mass is 10.4. The highest BCUT2D eigenvalue weighted by molar-refractivity contribution is 9.10. The van der Waals surface area contributed by atoms with E-state index >= 15 is 0 Å². The molecule has 0 aromatic carbocycles. The molecule has 1 N–H and O–H groups in total. The van der Waals surface area contributed by atoms with Gasteiger partial charge in [-0.25, -0.2) is 15.0 Å². The molecule has 90 valence electrons. The number of aryl methyl sites for hydroxylation is 1. The predicted molar refractivity (Wildman–Crippen MR) is 69.8 cm³/mol. The van der Waals surface area contributed by atoms with Crippen LogP contribution in [0.4, 0.5) is 5.82 Å². The molecule has 0 saturated carbocycles. The molecule has 2 aromatic heterocycles. The quantitative estimate of drug-likeness (QED) is 0.859. The van der Waals surface area contributed by atoms with Crippen LogP contribution in [-0.4, -0.2) is 26.1 Å². The van der Waals surface area contributed by atoms with Crippen molar-refractivity contribution >= 4 is 21.7 Å². The van der Waals surface area contributed by atoms with Crippen molar-refractivity contribution in [1.82, 2.24) is 19.5 Å². The summed E-state index contributed by atoms with van der Waals surface area (Å²) in [6.45, 7) is 3.71. The van der Waals surface area contributed by atoms with Crippen molar-refractivity contribution in [2.24, 2.45) is 0 Å². The molecule has 0 radical (unpaired) electrons. The molecule has 6 heteroatoms. The molecule has 0 unspecified atom stereocenters. The number of aromatic nitrogens is 4. The molecule has 2 heterocycles. The lowest BCUT2D eigenvalue weighted by Gasteiger charge is -2.07. The van der Waals surface area contributed by atoms with Gasteiger partial charge in [-0.1, -0.05) is 6.92 Å². The molecule has 0 aliphatic rings. The fraction of sp³-hybridized carbons (Fsp3) is 0.364. The van der Waals surface area contributed by atoms with Crippen molar-refractivity contribution in [3.8, 4) is 0 Å². The summed E-state index contributed by atoms with van der Waals surface area (Å²) in [6.07, 6.45) is 6.34. The number of anilines is 1. The minimum Gasteiger partial charge on any atom is -0.368 e. The van der Waals surface area contributed by atoms with E-state index in [2.05, 4.69) is 36.2 Å². The summed E-state index contributed by atoms with van der Waals surface area (Å²) in [4.78, 5) is 12.6. The molecular formula is C11H14BrN5. The Balaban J connectivity index is 1.92. The van der Waals surface area contributed by atoms with E-state index < -0.39 is 0 Å². The lowest BCUT2D eigenvalue weighted by molar-refractivity contribution is 0.724. The van der Waals surface area contributed by atoms with Crippen LogP contribution in [0.2, 0.25) is 0 Å². The number of nitrogens with one attached hydrogen (secondary N) is 1. The SMILES string of the molecule is CCc1nc(Br)cc(NCCn2ccnc2)n1. The second-order valence-electron chi connectivity index (χ2n) is 3.57. The first kappa shape index (κ1) is 12.0. The molecule has 2 rings (SSSR count). The van der Waals surface area contributed by atoms with Gasteiger partial charge >= 0.3 is 0 Å². The molecule has 0 aliphatic carbocycles. The van der Waals surface area contributed by atoms with E-state index in [-0.39, 0.29) is 0 Å². The normalized spacial score (nSPS) is 10.5. The Labute approximate surface area is 108 Å². The Morgan fingerprint density at radius 2 is 2.29 bits per heavy atom. The van der Waals surface area contributed by atoms with E-state index in [9.17, 15) is 0 Å². The van der Waals surface area contributed by atoms with Crippen LogP contribution in [0.5, 0.6) is 0 Å². The summed E-state index contributed by atoms with van der Waals surface area (Å²) in [6, 6.07) is 1.88. The first-order valence-corrected chi connectivity index (χ1v) is 6.30. The summed E-state index contributed by atoms with van der Waals surface area (Å²) in [5, 5.41) is 3.27. The van der Waals surface area contributed by atoms with Gasteiger partial charge in [0.05, 0.1) is 6.33 Å². The molecule has 0 atom stereocenters. The Morgan fingerprint density at radius 3 is 3.00 bits per heavy atom. The maximum Gasteiger partial charge on any atom is 0.131 e. The number of halogens is 1. The number of rotatable bonds is 5. The van der Waals surface area contributed by atoms with E-state index in [1.165, 1.54) is 0 Å². The minimum absolute atomic E-state index is 0.808. The first-order chi connectivity index (χ1) is 8.28. The maximum atomic E-state index is 4.39. The third kappa shape index (κ3) is 3.52. The summed E-state index contributed by atoms with van der Waals surface area (Å²) in [5.41, 5.74) is 0. The molecule has 0 fully saturated rings. The summed E-state index contributed by atoms with van der Waals surface area (Å²) in [5.74, 6) is 1.69. The van der Waals surface area contributed by atoms with E-state index in [1.807, 2.05) is 23.8 Å². The summed E-state index contributed by atoms with van der Waals surface area (Å²) >= 11 is 3.38. The van der Waals surface area contributed by atoms with Crippen molar-refractivity contribution in [3.63, 3.8) is 0 Å². The Kier molecular flexibility index (Phi) is 4.08. The van der Waals surface area contributed by atoms with Crippen LogP contribution in [0.1, 0.15) is 12.7 Å². The maximum absolute atomic E-state index is 4.39. The van der Waals surface area contributed by atoms with E-state index in [1.54, 1.807) is 12.5 Å². The highest BCUT2D eigenvalue weighted by atomic mass is 79.9. The van der Waals surface area contributed by atoms with Crippen molar-refractivity contribution < 1.29 is 0 Å². The Hall–Kier alpha value is -1.43. The fourth-order valence-electron chi connectivity index (χ4n) is 1.45. The van der Waals surface area contributed by atoms with Crippen LogP contribution in [0.15, 0.2) is 29.4 Å². The Morgan fingerprint density at radius 1 is 1.41 bits per heavy atom. The third-order valence-electron chi connectivity index (χ3n) is 2.29. The van der Waals surface area contributed by atoms with E-state index in [0.717, 1.165) is 35.8 Å². The fourth-order valence-corrected chi connectivity index (χ4v) is 1.87. The van der Waals surface area contributed by atoms with Crippen molar-refractivity contribution in [2.45, 2.75) is 19.9 Å². The van der Waals surface area contributed by atoms with Gasteiger partial charge in [0.25, 0.3) is 0 Å². The second kappa shape index (κ2) is 5.77. The van der Waals surface area contributed by atoms with Crippen LogP contribution >= 0.6 is 15.9 Å². The number of nitrogens with zero attached hydrogens (tertiary/aromatic N) is 4. The smallest absolute Gasteiger partial charge is 0.131 e. The largest absolute Gasteiger partial charge is 0.368 e. The second-order valence-corrected chi connectivity index (χ2v) is 4.39. The van der Waals surface area contributed by atoms with Crippen molar-refractivity contribution in [1.29, 1.82) is 0 Å². The number of hydrogen-bond donors (Lipinski definition) is 1. The summed E-state index contributed by atoms with van der Waals surface area (Å²) in [7, 11) is 0. The molecule has 17 heavy (non-hydrogen) atoms. The Bertz CT molecular complexity index is 469. The highest BCUT2D eigenvalue weighted by Crippen LogP contribution is 2.12. The summed E-state index contributed by atoms with van der Waals surface area (Å²) < 4.78 is 2.83. The van der Waals surface area contributed by atoms with Gasteiger partial charge in [-0.3, -0.25) is 0 Å². The standard InChI is InChI=1S/C11H14BrN5/c1-2-10-15-9(12)7-11(16-10)14-4-6-17-5-3-13-8-17/h3,5,7-8H,2,4,6H2,1H3,(H,14,15,16). The van der Waals surface area contributed by atoms with Crippen LogP contribution < -0.4 is 5.32 Å². The molecule has 0 spiro atoms. The monoisotopic (exact) mass is 295 g/mol. The average Bonchev–Trinajstić information content (AvgIpc) is 2.81. The van der Waals surface area contributed by atoms with Gasteiger partial charge in [-0.05, 0) is 15.9 Å². The molecule has 0 aliphatic heterocycles. The van der Waals surface area contributed by atoms with Gasteiger partial charge in [0, 0.05) is 38.0 Å². The zero-order chi connectivity index (χ0) is 12.1. The van der Waals surface area contributed by atoms with Crippen molar-refractivity contribution in [2.75, 3.05) is 11.9 Å². The van der Waals surface area contributed by atoms with E-state index in [4.69, 9.17) is 0 Å². The van der Waals surface area contributed by atoms with Crippen LogP contribution in [0.3, 0.4) is 0 Å². The molecular weight excluding hydrogens is 282 g/mol. The molecule has 5 nitrogen and oxygen atoms in total. The van der Waals surface area contributed by atoms with Crippen LogP contribution in [0.25, 0.3) is 0 Å². The van der Waals surface area contributed by atoms with Crippen LogP contribution in [-0.2, 0) is 13.0 Å². The van der Waals surface area contributed by atoms with Crippen molar-refractivity contribution in [3.05, 3.63) is 35.2 Å². The first-order valence-electron chi connectivity index (χ1n) is 5.51. The molecule has 0 saturated heterocycles. The van der Waals surface area contributed by atoms with Crippen LogP contribution in [0, 0.1) is 0 Å². The lowest BCUT2D eigenvalue weighted by Crippen LogP contribution is -2.11.